The lowest BCUT2D eigenvalue weighted by atomic mass is 10.2. The Morgan fingerprint density at radius 2 is 1.67 bits per heavy atom. The van der Waals surface area contributed by atoms with Crippen LogP contribution in [0.4, 0.5) is 5.69 Å². The predicted octanol–water partition coefficient (Wildman–Crippen LogP) is 3.53. The Morgan fingerprint density at radius 1 is 1.00 bits per heavy atom. The van der Waals surface area contributed by atoms with Crippen LogP contribution < -0.4 is 23.9 Å². The van der Waals surface area contributed by atoms with Gasteiger partial charge in [-0.3, -0.25) is 9.10 Å². The van der Waals surface area contributed by atoms with Gasteiger partial charge in [0.1, 0.15) is 6.54 Å². The van der Waals surface area contributed by atoms with Gasteiger partial charge < -0.3 is 19.3 Å². The molecule has 2 N–H and O–H groups in total. The molecule has 36 heavy (non-hydrogen) atoms. The summed E-state index contributed by atoms with van der Waals surface area (Å²) in [5.41, 5.74) is 3.04. The molecule has 3 aromatic carbocycles. The molecule has 0 saturated carbocycles. The number of hydrogen-bond donors (Lipinski definition) is 2. The minimum Gasteiger partial charge on any atom is -0.503 e. The Morgan fingerprint density at radius 3 is 2.31 bits per heavy atom. The quantitative estimate of drug-likeness (QED) is 0.279. The number of halogens is 1. The molecule has 0 radical (unpaired) electrons. The van der Waals surface area contributed by atoms with Crippen molar-refractivity contribution in [3.63, 3.8) is 0 Å². The van der Waals surface area contributed by atoms with Crippen molar-refractivity contribution >= 4 is 43.8 Å². The Balaban J connectivity index is 1.89. The highest BCUT2D eigenvalue weighted by Gasteiger charge is 2.28. The van der Waals surface area contributed by atoms with E-state index >= 15 is 0 Å². The third-order valence-corrected chi connectivity index (χ3v) is 7.34. The van der Waals surface area contributed by atoms with Gasteiger partial charge in [0.05, 0.1) is 42.6 Å². The number of hydrazone groups is 1. The van der Waals surface area contributed by atoms with Crippen LogP contribution in [0.5, 0.6) is 23.0 Å². The molecule has 0 unspecified atom stereocenters. The van der Waals surface area contributed by atoms with Crippen LogP contribution >= 0.6 is 15.9 Å². The molecule has 190 valence electrons. The van der Waals surface area contributed by atoms with Gasteiger partial charge in [-0.25, -0.2) is 13.8 Å². The molecule has 0 aliphatic carbocycles. The molecule has 0 aliphatic heterocycles. The molecule has 0 heterocycles. The van der Waals surface area contributed by atoms with Gasteiger partial charge >= 0.3 is 0 Å². The fraction of sp³-hybridized carbons (Fsp3) is 0.167. The number of amides is 1. The van der Waals surface area contributed by atoms with Crippen LogP contribution in [0, 0.1) is 0 Å². The number of phenols is 1. The molecule has 0 spiro atoms. The summed E-state index contributed by atoms with van der Waals surface area (Å²) in [5, 5.41) is 13.8. The Kier molecular flexibility index (Phi) is 8.78. The van der Waals surface area contributed by atoms with Crippen molar-refractivity contribution in [2.45, 2.75) is 4.90 Å². The van der Waals surface area contributed by atoms with Crippen LogP contribution in [-0.4, -0.2) is 53.5 Å². The van der Waals surface area contributed by atoms with Gasteiger partial charge in [-0.2, -0.15) is 5.10 Å². The van der Waals surface area contributed by atoms with E-state index in [0.29, 0.717) is 21.5 Å². The first-order valence-corrected chi connectivity index (χ1v) is 12.6. The number of nitrogens with zero attached hydrogens (tertiary/aromatic N) is 2. The first-order valence-electron chi connectivity index (χ1n) is 10.4. The number of benzene rings is 3. The molecule has 1 amide bonds. The highest BCUT2D eigenvalue weighted by atomic mass is 79.9. The lowest BCUT2D eigenvalue weighted by Gasteiger charge is -2.24. The van der Waals surface area contributed by atoms with Crippen LogP contribution in [0.2, 0.25) is 0 Å². The minimum absolute atomic E-state index is 0.0112. The topological polar surface area (TPSA) is 127 Å². The van der Waals surface area contributed by atoms with E-state index in [4.69, 9.17) is 14.2 Å². The molecule has 3 aromatic rings. The third-order valence-electron chi connectivity index (χ3n) is 4.95. The van der Waals surface area contributed by atoms with E-state index in [9.17, 15) is 18.3 Å². The van der Waals surface area contributed by atoms with E-state index in [2.05, 4.69) is 26.5 Å². The maximum absolute atomic E-state index is 13.5. The van der Waals surface area contributed by atoms with Crippen molar-refractivity contribution in [3.8, 4) is 23.0 Å². The lowest BCUT2D eigenvalue weighted by Crippen LogP contribution is -2.39. The first-order chi connectivity index (χ1) is 17.2. The summed E-state index contributed by atoms with van der Waals surface area (Å²) < 4.78 is 43.9. The average molecular weight is 578 g/mol. The molecular weight excluding hydrogens is 554 g/mol. The summed E-state index contributed by atoms with van der Waals surface area (Å²) >= 11 is 3.21. The summed E-state index contributed by atoms with van der Waals surface area (Å²) in [6.07, 6.45) is 1.33. The summed E-state index contributed by atoms with van der Waals surface area (Å²) in [6, 6.07) is 15.4. The maximum atomic E-state index is 13.5. The SMILES string of the molecule is COc1ccc(N(CC(=O)N/N=C\c2cc(Br)c(O)c(OC)c2)S(=O)(=O)c2ccccc2)cc1OC. The normalized spacial score (nSPS) is 11.2. The number of methoxy groups -OCH3 is 3. The van der Waals surface area contributed by atoms with Crippen LogP contribution in [0.15, 0.2) is 75.1 Å². The number of aromatic hydroxyl groups is 1. The second kappa shape index (κ2) is 11.8. The van der Waals surface area contributed by atoms with Crippen molar-refractivity contribution in [2.24, 2.45) is 5.10 Å². The van der Waals surface area contributed by atoms with E-state index < -0.39 is 22.5 Å². The summed E-state index contributed by atoms with van der Waals surface area (Å²) in [7, 11) is 0.175. The number of rotatable bonds is 10. The molecule has 12 heteroatoms. The number of hydrogen-bond acceptors (Lipinski definition) is 8. The Labute approximate surface area is 217 Å². The van der Waals surface area contributed by atoms with Crippen molar-refractivity contribution in [2.75, 3.05) is 32.2 Å². The fourth-order valence-corrected chi connectivity index (χ4v) is 5.08. The van der Waals surface area contributed by atoms with Gasteiger partial charge in [-0.15, -0.1) is 0 Å². The zero-order valence-corrected chi connectivity index (χ0v) is 22.0. The number of anilines is 1. The van der Waals surface area contributed by atoms with Gasteiger partial charge in [-0.1, -0.05) is 18.2 Å². The van der Waals surface area contributed by atoms with Crippen molar-refractivity contribution < 1.29 is 32.5 Å². The van der Waals surface area contributed by atoms with E-state index in [1.165, 1.54) is 57.9 Å². The number of sulfonamides is 1. The molecule has 0 saturated heterocycles. The van der Waals surface area contributed by atoms with Gasteiger partial charge in [0.2, 0.25) is 0 Å². The van der Waals surface area contributed by atoms with Crippen molar-refractivity contribution in [3.05, 3.63) is 70.7 Å². The van der Waals surface area contributed by atoms with Gasteiger partial charge in [0.25, 0.3) is 15.9 Å². The monoisotopic (exact) mass is 577 g/mol. The number of nitrogens with one attached hydrogen (secondary N) is 1. The fourth-order valence-electron chi connectivity index (χ4n) is 3.18. The zero-order valence-electron chi connectivity index (χ0n) is 19.6. The molecule has 3 rings (SSSR count). The van der Waals surface area contributed by atoms with Crippen LogP contribution in [0.3, 0.4) is 0 Å². The van der Waals surface area contributed by atoms with Crippen LogP contribution in [0.25, 0.3) is 0 Å². The highest BCUT2D eigenvalue weighted by molar-refractivity contribution is 9.10. The maximum Gasteiger partial charge on any atom is 0.264 e. The van der Waals surface area contributed by atoms with Gasteiger partial charge in [-0.05, 0) is 57.9 Å². The summed E-state index contributed by atoms with van der Waals surface area (Å²) in [6.45, 7) is -0.563. The highest BCUT2D eigenvalue weighted by Crippen LogP contribution is 2.35. The largest absolute Gasteiger partial charge is 0.503 e. The molecular formula is C24H24BrN3O7S. The molecule has 0 aromatic heterocycles. The van der Waals surface area contributed by atoms with E-state index in [0.717, 1.165) is 4.31 Å². The minimum atomic E-state index is -4.12. The van der Waals surface area contributed by atoms with Gasteiger partial charge in [0, 0.05) is 6.07 Å². The number of carbonyl (C=O) groups is 1. The smallest absolute Gasteiger partial charge is 0.264 e. The molecule has 0 aliphatic rings. The molecule has 0 bridgehead atoms. The van der Waals surface area contributed by atoms with Gasteiger partial charge in [0.15, 0.2) is 23.0 Å². The van der Waals surface area contributed by atoms with E-state index in [-0.39, 0.29) is 22.1 Å². The van der Waals surface area contributed by atoms with E-state index in [1.54, 1.807) is 30.3 Å². The zero-order chi connectivity index (χ0) is 26.3. The lowest BCUT2D eigenvalue weighted by molar-refractivity contribution is -0.119. The summed E-state index contributed by atoms with van der Waals surface area (Å²) in [5.74, 6) is 0.155. The standard InChI is InChI=1S/C24H24BrN3O7S/c1-33-20-10-9-17(13-21(20)34-2)28(36(31,32)18-7-5-4-6-8-18)15-23(29)27-26-14-16-11-19(25)24(30)22(12-16)35-3/h4-14,30H,15H2,1-3H3,(H,27,29)/b26-14-. The second-order valence-corrected chi connectivity index (χ2v) is 9.93. The number of ether oxygens (including phenoxy) is 3. The summed E-state index contributed by atoms with van der Waals surface area (Å²) in [4.78, 5) is 12.8. The van der Waals surface area contributed by atoms with Crippen molar-refractivity contribution in [1.29, 1.82) is 0 Å². The molecule has 10 nitrogen and oxygen atoms in total. The second-order valence-electron chi connectivity index (χ2n) is 7.21. The Hall–Kier alpha value is -3.77. The molecule has 0 atom stereocenters. The number of carbonyl (C=O) groups excluding carboxylic acids is 1. The van der Waals surface area contributed by atoms with E-state index in [1.807, 2.05) is 0 Å². The van der Waals surface area contributed by atoms with Crippen molar-refractivity contribution in [1.82, 2.24) is 5.43 Å². The third kappa shape index (κ3) is 6.07. The van der Waals surface area contributed by atoms with Crippen LogP contribution in [0.1, 0.15) is 5.56 Å². The molecule has 0 fully saturated rings. The van der Waals surface area contributed by atoms with Crippen LogP contribution in [-0.2, 0) is 14.8 Å². The average Bonchev–Trinajstić information content (AvgIpc) is 2.89. The Bertz CT molecular complexity index is 1370. The predicted molar refractivity (Wildman–Crippen MR) is 139 cm³/mol. The number of phenolic OH excluding ortho intramolecular Hbond substituents is 1. The first kappa shape index (κ1) is 26.8.